The number of ether oxygens (including phenoxy) is 2. The summed E-state index contributed by atoms with van der Waals surface area (Å²) in [5, 5.41) is 10.3. The lowest BCUT2D eigenvalue weighted by molar-refractivity contribution is 0.145. The molecule has 0 aromatic heterocycles. The van der Waals surface area contributed by atoms with E-state index in [2.05, 4.69) is 0 Å². The minimum atomic E-state index is -0.662. The van der Waals surface area contributed by atoms with Crippen LogP contribution in [0.2, 0.25) is 0 Å². The van der Waals surface area contributed by atoms with Crippen molar-refractivity contribution < 1.29 is 14.6 Å². The Morgan fingerprint density at radius 3 is 2.23 bits per heavy atom. The van der Waals surface area contributed by atoms with Gasteiger partial charge in [-0.25, -0.2) is 0 Å². The predicted octanol–water partition coefficient (Wildman–Crippen LogP) is 2.73. The lowest BCUT2D eigenvalue weighted by Crippen LogP contribution is -2.28. The van der Waals surface area contributed by atoms with Crippen LogP contribution in [0.3, 0.4) is 0 Å². The highest BCUT2D eigenvalue weighted by Gasteiger charge is 2.19. The SMILES string of the molecule is COc1ccc([C@@H](N)[C@@H](O)Cc2ccccc2)cc1OC.Cl. The molecular weight excluding hydrogens is 302 g/mol. The van der Waals surface area contributed by atoms with Gasteiger partial charge in [0.05, 0.1) is 26.4 Å². The molecule has 0 spiro atoms. The molecule has 4 nitrogen and oxygen atoms in total. The van der Waals surface area contributed by atoms with Gasteiger partial charge in [0.2, 0.25) is 0 Å². The van der Waals surface area contributed by atoms with Crippen LogP contribution in [0.5, 0.6) is 11.5 Å². The van der Waals surface area contributed by atoms with Crippen molar-refractivity contribution in [2.75, 3.05) is 14.2 Å². The van der Waals surface area contributed by atoms with Gasteiger partial charge in [-0.3, -0.25) is 0 Å². The molecule has 0 bridgehead atoms. The fourth-order valence-corrected chi connectivity index (χ4v) is 2.26. The monoisotopic (exact) mass is 323 g/mol. The van der Waals surface area contributed by atoms with Gasteiger partial charge in [-0.1, -0.05) is 36.4 Å². The second kappa shape index (κ2) is 8.63. The quantitative estimate of drug-likeness (QED) is 0.858. The van der Waals surface area contributed by atoms with Crippen molar-refractivity contribution in [3.05, 3.63) is 59.7 Å². The molecule has 5 heteroatoms. The average Bonchev–Trinajstić information content (AvgIpc) is 2.54. The summed E-state index contributed by atoms with van der Waals surface area (Å²) >= 11 is 0. The van der Waals surface area contributed by atoms with Crippen LogP contribution in [0.15, 0.2) is 48.5 Å². The summed E-state index contributed by atoms with van der Waals surface area (Å²) < 4.78 is 10.5. The summed E-state index contributed by atoms with van der Waals surface area (Å²) in [7, 11) is 3.16. The van der Waals surface area contributed by atoms with E-state index < -0.39 is 12.1 Å². The molecule has 0 unspecified atom stereocenters. The molecule has 3 N–H and O–H groups in total. The summed E-state index contributed by atoms with van der Waals surface area (Å²) in [6.45, 7) is 0. The lowest BCUT2D eigenvalue weighted by Gasteiger charge is -2.20. The molecule has 2 rings (SSSR count). The van der Waals surface area contributed by atoms with E-state index in [1.165, 1.54) is 0 Å². The maximum absolute atomic E-state index is 10.3. The second-order valence-corrected chi connectivity index (χ2v) is 4.90. The summed E-state index contributed by atoms with van der Waals surface area (Å²) in [6.07, 6.45) is -0.151. The fraction of sp³-hybridized carbons (Fsp3) is 0.294. The van der Waals surface area contributed by atoms with Gasteiger partial charge < -0.3 is 20.3 Å². The van der Waals surface area contributed by atoms with Crippen molar-refractivity contribution in [1.29, 1.82) is 0 Å². The van der Waals surface area contributed by atoms with Gasteiger partial charge in [0, 0.05) is 6.42 Å². The molecule has 0 saturated heterocycles. The summed E-state index contributed by atoms with van der Waals surface area (Å²) in [5.41, 5.74) is 8.03. The molecule has 0 aliphatic heterocycles. The third-order valence-electron chi connectivity index (χ3n) is 3.49. The molecule has 0 aliphatic carbocycles. The molecule has 0 fully saturated rings. The first kappa shape index (κ1) is 18.3. The predicted molar refractivity (Wildman–Crippen MR) is 89.9 cm³/mol. The minimum absolute atomic E-state index is 0. The number of aliphatic hydroxyl groups is 1. The smallest absolute Gasteiger partial charge is 0.161 e. The van der Waals surface area contributed by atoms with E-state index in [9.17, 15) is 5.11 Å². The highest BCUT2D eigenvalue weighted by atomic mass is 35.5. The topological polar surface area (TPSA) is 64.7 Å². The summed E-state index contributed by atoms with van der Waals surface area (Å²) in [6, 6.07) is 14.8. The zero-order valence-corrected chi connectivity index (χ0v) is 13.5. The molecule has 0 radical (unpaired) electrons. The highest BCUT2D eigenvalue weighted by Crippen LogP contribution is 2.30. The molecular formula is C17H22ClNO3. The van der Waals surface area contributed by atoms with Crippen LogP contribution in [0.25, 0.3) is 0 Å². The van der Waals surface area contributed by atoms with Crippen LogP contribution < -0.4 is 15.2 Å². The Hall–Kier alpha value is -1.75. The Morgan fingerprint density at radius 1 is 1.00 bits per heavy atom. The van der Waals surface area contributed by atoms with Crippen LogP contribution in [0.4, 0.5) is 0 Å². The van der Waals surface area contributed by atoms with E-state index in [0.717, 1.165) is 11.1 Å². The molecule has 2 aromatic carbocycles. The molecule has 22 heavy (non-hydrogen) atoms. The molecule has 2 atom stereocenters. The van der Waals surface area contributed by atoms with E-state index in [4.69, 9.17) is 15.2 Å². The number of hydrogen-bond acceptors (Lipinski definition) is 4. The highest BCUT2D eigenvalue weighted by molar-refractivity contribution is 5.85. The Kier molecular flexibility index (Phi) is 7.18. The third-order valence-corrected chi connectivity index (χ3v) is 3.49. The Morgan fingerprint density at radius 2 is 1.64 bits per heavy atom. The maximum Gasteiger partial charge on any atom is 0.161 e. The summed E-state index contributed by atoms with van der Waals surface area (Å²) in [5.74, 6) is 1.25. The average molecular weight is 324 g/mol. The van der Waals surface area contributed by atoms with Gasteiger partial charge in [-0.2, -0.15) is 0 Å². The first-order valence-corrected chi connectivity index (χ1v) is 6.85. The van der Waals surface area contributed by atoms with Crippen LogP contribution >= 0.6 is 12.4 Å². The number of methoxy groups -OCH3 is 2. The first-order chi connectivity index (χ1) is 10.2. The third kappa shape index (κ3) is 4.37. The minimum Gasteiger partial charge on any atom is -0.493 e. The summed E-state index contributed by atoms with van der Waals surface area (Å²) in [4.78, 5) is 0. The zero-order chi connectivity index (χ0) is 15.2. The number of nitrogens with two attached hydrogens (primary N) is 1. The largest absolute Gasteiger partial charge is 0.493 e. The molecule has 0 heterocycles. The van der Waals surface area contributed by atoms with Gasteiger partial charge in [0.1, 0.15) is 0 Å². The van der Waals surface area contributed by atoms with Crippen molar-refractivity contribution in [3.63, 3.8) is 0 Å². The number of halogens is 1. The standard InChI is InChI=1S/C17H21NO3.ClH/c1-20-15-9-8-13(11-16(15)21-2)17(18)14(19)10-12-6-4-3-5-7-12;/h3-9,11,14,17,19H,10,18H2,1-2H3;1H/t14-,17+;/m0./s1. The molecule has 0 saturated carbocycles. The van der Waals surface area contributed by atoms with Crippen molar-refractivity contribution in [3.8, 4) is 11.5 Å². The van der Waals surface area contributed by atoms with E-state index in [-0.39, 0.29) is 12.4 Å². The van der Waals surface area contributed by atoms with E-state index >= 15 is 0 Å². The Labute approximate surface area is 137 Å². The Bertz CT molecular complexity index is 577. The van der Waals surface area contributed by atoms with Gasteiger partial charge in [-0.05, 0) is 23.3 Å². The lowest BCUT2D eigenvalue weighted by atomic mass is 9.96. The van der Waals surface area contributed by atoms with Crippen LogP contribution in [-0.4, -0.2) is 25.4 Å². The number of benzene rings is 2. The fourth-order valence-electron chi connectivity index (χ4n) is 2.26. The van der Waals surface area contributed by atoms with Crippen molar-refractivity contribution in [2.24, 2.45) is 5.73 Å². The van der Waals surface area contributed by atoms with Gasteiger partial charge in [0.25, 0.3) is 0 Å². The van der Waals surface area contributed by atoms with E-state index in [1.807, 2.05) is 36.4 Å². The van der Waals surface area contributed by atoms with Crippen LogP contribution in [0.1, 0.15) is 17.2 Å². The normalized spacial score (nSPS) is 12.9. The molecule has 2 aromatic rings. The first-order valence-electron chi connectivity index (χ1n) is 6.85. The van der Waals surface area contributed by atoms with E-state index in [0.29, 0.717) is 17.9 Å². The molecule has 120 valence electrons. The van der Waals surface area contributed by atoms with Gasteiger partial charge in [-0.15, -0.1) is 12.4 Å². The van der Waals surface area contributed by atoms with E-state index in [1.54, 1.807) is 26.4 Å². The number of aliphatic hydroxyl groups excluding tert-OH is 1. The number of hydrogen-bond donors (Lipinski definition) is 2. The second-order valence-electron chi connectivity index (χ2n) is 4.90. The molecule has 0 amide bonds. The molecule has 0 aliphatic rings. The van der Waals surface area contributed by atoms with Crippen LogP contribution in [0, 0.1) is 0 Å². The Balaban J connectivity index is 0.00000242. The van der Waals surface area contributed by atoms with Crippen LogP contribution in [-0.2, 0) is 6.42 Å². The van der Waals surface area contributed by atoms with Gasteiger partial charge >= 0.3 is 0 Å². The number of rotatable bonds is 6. The van der Waals surface area contributed by atoms with Gasteiger partial charge in [0.15, 0.2) is 11.5 Å². The van der Waals surface area contributed by atoms with Crippen molar-refractivity contribution in [2.45, 2.75) is 18.6 Å². The maximum atomic E-state index is 10.3. The zero-order valence-electron chi connectivity index (χ0n) is 12.7. The van der Waals surface area contributed by atoms with Crippen molar-refractivity contribution in [1.82, 2.24) is 0 Å². The van der Waals surface area contributed by atoms with Crippen molar-refractivity contribution >= 4 is 12.4 Å².